The number of rotatable bonds is 5. The molecule has 0 spiro atoms. The maximum Gasteiger partial charge on any atom is 0.123 e. The Kier molecular flexibility index (Phi) is 4.83. The van der Waals surface area contributed by atoms with E-state index in [0.717, 1.165) is 18.8 Å². The van der Waals surface area contributed by atoms with E-state index in [4.69, 9.17) is 9.47 Å². The zero-order valence-electron chi connectivity index (χ0n) is 12.4. The third-order valence-corrected chi connectivity index (χ3v) is 3.89. The molecule has 0 bridgehead atoms. The van der Waals surface area contributed by atoms with Crippen LogP contribution < -0.4 is 10.1 Å². The number of aryl methyl sites for hydroxylation is 1. The lowest BCUT2D eigenvalue weighted by atomic mass is 10.0. The molecule has 1 heterocycles. The minimum Gasteiger partial charge on any atom is -0.496 e. The maximum absolute atomic E-state index is 5.73. The third kappa shape index (κ3) is 3.48. The fourth-order valence-electron chi connectivity index (χ4n) is 2.76. The summed E-state index contributed by atoms with van der Waals surface area (Å²) in [6.07, 6.45) is 2.68. The highest BCUT2D eigenvalue weighted by Crippen LogP contribution is 2.27. The van der Waals surface area contributed by atoms with Gasteiger partial charge in [-0.25, -0.2) is 0 Å². The fraction of sp³-hybridized carbons (Fsp3) is 0.625. The summed E-state index contributed by atoms with van der Waals surface area (Å²) in [6, 6.07) is 6.99. The minimum atomic E-state index is 0.259. The molecule has 1 aliphatic heterocycles. The summed E-state index contributed by atoms with van der Waals surface area (Å²) in [5, 5.41) is 3.63. The average Bonchev–Trinajstić information content (AvgIpc) is 2.92. The van der Waals surface area contributed by atoms with Crippen LogP contribution in [0.3, 0.4) is 0 Å². The molecule has 0 saturated carbocycles. The first-order chi connectivity index (χ1) is 9.11. The molecule has 1 aliphatic rings. The molecule has 3 nitrogen and oxygen atoms in total. The normalized spacial score (nSPS) is 22.2. The topological polar surface area (TPSA) is 30.5 Å². The summed E-state index contributed by atoms with van der Waals surface area (Å²) in [5.74, 6) is 0.958. The fourth-order valence-corrected chi connectivity index (χ4v) is 2.76. The Balaban J connectivity index is 2.04. The monoisotopic (exact) mass is 263 g/mol. The number of hydrogen-bond donors (Lipinski definition) is 1. The highest BCUT2D eigenvalue weighted by atomic mass is 16.5. The van der Waals surface area contributed by atoms with Crippen LogP contribution >= 0.6 is 0 Å². The summed E-state index contributed by atoms with van der Waals surface area (Å²) < 4.78 is 11.2. The zero-order valence-corrected chi connectivity index (χ0v) is 12.4. The van der Waals surface area contributed by atoms with Gasteiger partial charge < -0.3 is 14.8 Å². The molecule has 3 unspecified atom stereocenters. The van der Waals surface area contributed by atoms with Gasteiger partial charge in [0.15, 0.2) is 0 Å². The van der Waals surface area contributed by atoms with E-state index < -0.39 is 0 Å². The Morgan fingerprint density at radius 1 is 1.37 bits per heavy atom. The third-order valence-electron chi connectivity index (χ3n) is 3.89. The van der Waals surface area contributed by atoms with Crippen LogP contribution in [-0.4, -0.2) is 25.9 Å². The molecule has 1 fully saturated rings. The lowest BCUT2D eigenvalue weighted by Crippen LogP contribution is -2.38. The van der Waals surface area contributed by atoms with E-state index in [-0.39, 0.29) is 6.04 Å². The second kappa shape index (κ2) is 6.40. The van der Waals surface area contributed by atoms with Crippen LogP contribution in [-0.2, 0) is 4.74 Å². The van der Waals surface area contributed by atoms with Crippen LogP contribution in [0, 0.1) is 6.92 Å². The van der Waals surface area contributed by atoms with Gasteiger partial charge in [-0.15, -0.1) is 0 Å². The minimum absolute atomic E-state index is 0.259. The van der Waals surface area contributed by atoms with Gasteiger partial charge in [-0.05, 0) is 45.2 Å². The van der Waals surface area contributed by atoms with Crippen molar-refractivity contribution in [2.24, 2.45) is 0 Å². The number of ether oxygens (including phenoxy) is 2. The summed E-state index contributed by atoms with van der Waals surface area (Å²) in [6.45, 7) is 7.37. The molecular weight excluding hydrogens is 238 g/mol. The second-order valence-electron chi connectivity index (χ2n) is 5.47. The van der Waals surface area contributed by atoms with Crippen LogP contribution in [0.5, 0.6) is 5.75 Å². The largest absolute Gasteiger partial charge is 0.496 e. The van der Waals surface area contributed by atoms with Crippen molar-refractivity contribution < 1.29 is 9.47 Å². The molecule has 0 aromatic heterocycles. The van der Waals surface area contributed by atoms with Crippen LogP contribution in [0.15, 0.2) is 18.2 Å². The molecule has 0 aliphatic carbocycles. The molecule has 0 radical (unpaired) electrons. The molecule has 1 aromatic carbocycles. The van der Waals surface area contributed by atoms with E-state index >= 15 is 0 Å². The summed E-state index contributed by atoms with van der Waals surface area (Å²) >= 11 is 0. The first kappa shape index (κ1) is 14.4. The number of nitrogens with one attached hydrogen (secondary N) is 1. The van der Waals surface area contributed by atoms with Gasteiger partial charge in [-0.3, -0.25) is 0 Å². The van der Waals surface area contributed by atoms with Gasteiger partial charge in [-0.2, -0.15) is 0 Å². The van der Waals surface area contributed by atoms with E-state index in [1.165, 1.54) is 17.5 Å². The first-order valence-corrected chi connectivity index (χ1v) is 7.14. The molecule has 3 atom stereocenters. The van der Waals surface area contributed by atoms with Crippen LogP contribution in [0.4, 0.5) is 0 Å². The number of methoxy groups -OCH3 is 1. The Hall–Kier alpha value is -1.06. The van der Waals surface area contributed by atoms with Crippen LogP contribution in [0.25, 0.3) is 0 Å². The van der Waals surface area contributed by atoms with E-state index in [9.17, 15) is 0 Å². The van der Waals surface area contributed by atoms with Crippen molar-refractivity contribution in [3.05, 3.63) is 29.3 Å². The molecule has 1 saturated heterocycles. The lowest BCUT2D eigenvalue weighted by Gasteiger charge is -2.25. The van der Waals surface area contributed by atoms with Gasteiger partial charge >= 0.3 is 0 Å². The molecule has 0 amide bonds. The quantitative estimate of drug-likeness (QED) is 0.884. The van der Waals surface area contributed by atoms with Crippen molar-refractivity contribution in [1.29, 1.82) is 0 Å². The molecule has 3 heteroatoms. The summed E-state index contributed by atoms with van der Waals surface area (Å²) in [7, 11) is 1.73. The molecular formula is C16H25NO2. The van der Waals surface area contributed by atoms with Gasteiger partial charge in [0.1, 0.15) is 5.75 Å². The predicted molar refractivity (Wildman–Crippen MR) is 77.7 cm³/mol. The maximum atomic E-state index is 5.73. The van der Waals surface area contributed by atoms with Crippen molar-refractivity contribution in [3.63, 3.8) is 0 Å². The van der Waals surface area contributed by atoms with Gasteiger partial charge in [-0.1, -0.05) is 12.1 Å². The number of benzene rings is 1. The van der Waals surface area contributed by atoms with E-state index in [1.807, 2.05) is 0 Å². The predicted octanol–water partition coefficient (Wildman–Crippen LogP) is 3.22. The highest BCUT2D eigenvalue weighted by molar-refractivity contribution is 5.39. The Bertz CT molecular complexity index is 413. The van der Waals surface area contributed by atoms with Crippen molar-refractivity contribution in [2.45, 2.75) is 51.8 Å². The Morgan fingerprint density at radius 3 is 2.79 bits per heavy atom. The van der Waals surface area contributed by atoms with Gasteiger partial charge in [0.2, 0.25) is 0 Å². The average molecular weight is 263 g/mol. The van der Waals surface area contributed by atoms with Crippen molar-refractivity contribution in [3.8, 4) is 5.75 Å². The van der Waals surface area contributed by atoms with Gasteiger partial charge in [0.25, 0.3) is 0 Å². The highest BCUT2D eigenvalue weighted by Gasteiger charge is 2.24. The van der Waals surface area contributed by atoms with Gasteiger partial charge in [0, 0.05) is 24.3 Å². The van der Waals surface area contributed by atoms with Crippen molar-refractivity contribution >= 4 is 0 Å². The second-order valence-corrected chi connectivity index (χ2v) is 5.47. The van der Waals surface area contributed by atoms with Crippen molar-refractivity contribution in [2.75, 3.05) is 13.7 Å². The molecule has 106 valence electrons. The van der Waals surface area contributed by atoms with Crippen LogP contribution in [0.2, 0.25) is 0 Å². The lowest BCUT2D eigenvalue weighted by molar-refractivity contribution is 0.0803. The van der Waals surface area contributed by atoms with Gasteiger partial charge in [0.05, 0.1) is 13.2 Å². The SMILES string of the molecule is COc1cc(C)ccc1C(C)NC(C)C1CCCO1. The molecule has 19 heavy (non-hydrogen) atoms. The number of hydrogen-bond acceptors (Lipinski definition) is 3. The molecule has 1 N–H and O–H groups in total. The Labute approximate surface area is 116 Å². The first-order valence-electron chi connectivity index (χ1n) is 7.14. The van der Waals surface area contributed by atoms with E-state index in [2.05, 4.69) is 44.3 Å². The standard InChI is InChI=1S/C16H25NO2/c1-11-7-8-14(16(10-11)18-4)12(2)17-13(3)15-6-5-9-19-15/h7-8,10,12-13,15,17H,5-6,9H2,1-4H3. The van der Waals surface area contributed by atoms with E-state index in [0.29, 0.717) is 12.1 Å². The van der Waals surface area contributed by atoms with Crippen molar-refractivity contribution in [1.82, 2.24) is 5.32 Å². The smallest absolute Gasteiger partial charge is 0.123 e. The molecule has 1 aromatic rings. The molecule has 2 rings (SSSR count). The Morgan fingerprint density at radius 2 is 2.16 bits per heavy atom. The summed E-state index contributed by atoms with van der Waals surface area (Å²) in [5.41, 5.74) is 2.43. The zero-order chi connectivity index (χ0) is 13.8. The summed E-state index contributed by atoms with van der Waals surface area (Å²) in [4.78, 5) is 0. The van der Waals surface area contributed by atoms with Crippen LogP contribution in [0.1, 0.15) is 43.9 Å². The van der Waals surface area contributed by atoms with E-state index in [1.54, 1.807) is 7.11 Å².